The quantitative estimate of drug-likeness (QED) is 0.290. The van der Waals surface area contributed by atoms with E-state index in [9.17, 15) is 14.4 Å². The summed E-state index contributed by atoms with van der Waals surface area (Å²) in [6.07, 6.45) is 1.78. The van der Waals surface area contributed by atoms with Gasteiger partial charge in [0.2, 0.25) is 11.8 Å². The maximum atomic E-state index is 13.9. The molecule has 0 aliphatic carbocycles. The minimum atomic E-state index is -0.776. The number of hydrogen-bond acceptors (Lipinski definition) is 6. The number of fused-ring (bicyclic) bond motifs is 1. The van der Waals surface area contributed by atoms with Crippen LogP contribution in [0.3, 0.4) is 0 Å². The first kappa shape index (κ1) is 32.5. The molecule has 1 unspecified atom stereocenters. The third-order valence-electron chi connectivity index (χ3n) is 7.23. The van der Waals surface area contributed by atoms with Crippen molar-refractivity contribution in [3.8, 4) is 0 Å². The number of carbonyl (C=O) groups is 3. The van der Waals surface area contributed by atoms with Gasteiger partial charge >= 0.3 is 5.97 Å². The molecule has 0 bridgehead atoms. The fourth-order valence-corrected chi connectivity index (χ4v) is 6.00. The Morgan fingerprint density at radius 1 is 1.08 bits per heavy atom. The van der Waals surface area contributed by atoms with Crippen molar-refractivity contribution >= 4 is 39.2 Å². The van der Waals surface area contributed by atoms with Gasteiger partial charge in [-0.05, 0) is 49.7 Å². The second kappa shape index (κ2) is 13.1. The lowest BCUT2D eigenvalue weighted by Gasteiger charge is -2.39. The van der Waals surface area contributed by atoms with Crippen LogP contribution in [0.5, 0.6) is 0 Å². The molecule has 2 N–H and O–H groups in total. The van der Waals surface area contributed by atoms with Crippen LogP contribution in [0.1, 0.15) is 67.2 Å². The Morgan fingerprint density at radius 3 is 2.21 bits per heavy atom. The van der Waals surface area contributed by atoms with Crippen LogP contribution in [0.15, 0.2) is 42.0 Å². The predicted molar refractivity (Wildman–Crippen MR) is 161 cm³/mol. The molecule has 39 heavy (non-hydrogen) atoms. The number of carbonyl (C=O) groups excluding carboxylic acids is 3. The lowest BCUT2D eigenvalue weighted by Crippen LogP contribution is -2.61. The average Bonchev–Trinajstić information content (AvgIpc) is 3.30. The number of esters is 1. The van der Waals surface area contributed by atoms with Gasteiger partial charge in [-0.2, -0.15) is 0 Å². The molecule has 7 nitrogen and oxygen atoms in total. The summed E-state index contributed by atoms with van der Waals surface area (Å²) in [6.45, 7) is 17.7. The summed E-state index contributed by atoms with van der Waals surface area (Å²) in [7, 11) is 3.50. The number of amides is 2. The van der Waals surface area contributed by atoms with Gasteiger partial charge in [0.05, 0.1) is 18.7 Å². The Kier molecular flexibility index (Phi) is 10.9. The van der Waals surface area contributed by atoms with Crippen molar-refractivity contribution in [1.29, 1.82) is 0 Å². The molecule has 0 saturated carbocycles. The number of likely N-dealkylation sites (N-methyl/N-ethyl adjacent to an activating group) is 2. The van der Waals surface area contributed by atoms with Crippen molar-refractivity contribution in [2.24, 2.45) is 11.3 Å². The maximum Gasteiger partial charge on any atom is 0.333 e. The first-order valence-electron chi connectivity index (χ1n) is 13.6. The van der Waals surface area contributed by atoms with Crippen molar-refractivity contribution in [1.82, 2.24) is 15.5 Å². The van der Waals surface area contributed by atoms with Gasteiger partial charge in [-0.1, -0.05) is 72.7 Å². The Bertz CT molecular complexity index is 1160. The third-order valence-corrected chi connectivity index (χ3v) is 8.68. The summed E-state index contributed by atoms with van der Waals surface area (Å²) >= 11 is 1.68. The maximum absolute atomic E-state index is 13.9. The SMILES string of the molecule is CCOC(=O)/C(C)=C/[C@H](C(C)C)N(C)C(=O)[C@@H](NC(=O)C(NC)C(C)(C)c1cc2ccccc2s1)C(C)(C)C. The summed E-state index contributed by atoms with van der Waals surface area (Å²) in [6, 6.07) is 8.64. The van der Waals surface area contributed by atoms with Crippen LogP contribution < -0.4 is 10.6 Å². The van der Waals surface area contributed by atoms with Crippen LogP contribution in [0.2, 0.25) is 0 Å². The average molecular weight is 558 g/mol. The molecule has 1 aromatic carbocycles. The molecule has 2 rings (SSSR count). The molecule has 8 heteroatoms. The molecular weight excluding hydrogens is 510 g/mol. The van der Waals surface area contributed by atoms with Gasteiger partial charge in [0, 0.05) is 27.6 Å². The molecule has 216 valence electrons. The molecular formula is C31H47N3O4S. The molecule has 0 aliphatic heterocycles. The van der Waals surface area contributed by atoms with E-state index in [1.54, 1.807) is 50.3 Å². The monoisotopic (exact) mass is 557 g/mol. The molecule has 2 amide bonds. The zero-order valence-electron chi connectivity index (χ0n) is 25.5. The minimum Gasteiger partial charge on any atom is -0.463 e. The van der Waals surface area contributed by atoms with E-state index in [-0.39, 0.29) is 30.4 Å². The van der Waals surface area contributed by atoms with Gasteiger partial charge < -0.3 is 20.3 Å². The number of thiophene rings is 1. The van der Waals surface area contributed by atoms with Crippen molar-refractivity contribution in [3.05, 3.63) is 46.9 Å². The minimum absolute atomic E-state index is 0.0385. The molecule has 2 aromatic rings. The normalized spacial score (nSPS) is 15.1. The van der Waals surface area contributed by atoms with Gasteiger partial charge in [-0.3, -0.25) is 9.59 Å². The van der Waals surface area contributed by atoms with Crippen LogP contribution in [0.25, 0.3) is 10.1 Å². The van der Waals surface area contributed by atoms with E-state index in [1.807, 2.05) is 46.8 Å². The lowest BCUT2D eigenvalue weighted by atomic mass is 9.80. The molecule has 0 aliphatic rings. The highest BCUT2D eigenvalue weighted by Gasteiger charge is 2.42. The van der Waals surface area contributed by atoms with Crippen molar-refractivity contribution in [2.45, 2.75) is 85.9 Å². The molecule has 3 atom stereocenters. The second-order valence-electron chi connectivity index (χ2n) is 12.2. The van der Waals surface area contributed by atoms with Crippen LogP contribution >= 0.6 is 11.3 Å². The van der Waals surface area contributed by atoms with E-state index in [0.717, 1.165) is 10.3 Å². The zero-order valence-corrected chi connectivity index (χ0v) is 26.3. The fourth-order valence-electron chi connectivity index (χ4n) is 4.81. The highest BCUT2D eigenvalue weighted by molar-refractivity contribution is 7.19. The number of nitrogens with zero attached hydrogens (tertiary/aromatic N) is 1. The number of benzene rings is 1. The summed E-state index contributed by atoms with van der Waals surface area (Å²) in [5.74, 6) is -0.806. The Balaban J connectivity index is 2.36. The number of rotatable bonds is 11. The van der Waals surface area contributed by atoms with E-state index < -0.39 is 28.9 Å². The summed E-state index contributed by atoms with van der Waals surface area (Å²) in [5.41, 5.74) is -0.630. The summed E-state index contributed by atoms with van der Waals surface area (Å²) in [5, 5.41) is 7.45. The van der Waals surface area contributed by atoms with E-state index in [2.05, 4.69) is 42.7 Å². The van der Waals surface area contributed by atoms with Crippen molar-refractivity contribution < 1.29 is 19.1 Å². The highest BCUT2D eigenvalue weighted by Crippen LogP contribution is 2.37. The zero-order chi connectivity index (χ0) is 29.7. The van der Waals surface area contributed by atoms with Crippen LogP contribution in [0.4, 0.5) is 0 Å². The topological polar surface area (TPSA) is 87.7 Å². The summed E-state index contributed by atoms with van der Waals surface area (Å²) in [4.78, 5) is 42.7. The Labute approximate surface area is 238 Å². The smallest absolute Gasteiger partial charge is 0.333 e. The summed E-state index contributed by atoms with van der Waals surface area (Å²) < 4.78 is 6.30. The van der Waals surface area contributed by atoms with E-state index in [1.165, 1.54) is 4.70 Å². The number of hydrogen-bond donors (Lipinski definition) is 2. The van der Waals surface area contributed by atoms with E-state index in [0.29, 0.717) is 5.57 Å². The lowest BCUT2D eigenvalue weighted by molar-refractivity contribution is -0.141. The van der Waals surface area contributed by atoms with Gasteiger partial charge in [-0.15, -0.1) is 11.3 Å². The van der Waals surface area contributed by atoms with Gasteiger partial charge in [0.25, 0.3) is 0 Å². The van der Waals surface area contributed by atoms with Gasteiger partial charge in [0.15, 0.2) is 0 Å². The van der Waals surface area contributed by atoms with E-state index >= 15 is 0 Å². The Hall–Kier alpha value is -2.71. The second-order valence-corrected chi connectivity index (χ2v) is 13.2. The van der Waals surface area contributed by atoms with Crippen LogP contribution in [0, 0.1) is 11.3 Å². The molecule has 0 saturated heterocycles. The Morgan fingerprint density at radius 2 is 1.69 bits per heavy atom. The standard InChI is InChI=1S/C31H47N3O4S/c1-12-38-29(37)20(4)17-22(19(2)3)34(11)28(36)26(30(5,6)7)33-27(35)25(32-10)31(8,9)24-18-21-15-13-14-16-23(21)39-24/h13-19,22,25-26,32H,12H2,1-11H3,(H,33,35)/b20-17+/t22-,25?,26-/m1/s1. The number of nitrogens with one attached hydrogen (secondary N) is 2. The van der Waals surface area contributed by atoms with Crippen molar-refractivity contribution in [2.75, 3.05) is 20.7 Å². The van der Waals surface area contributed by atoms with Gasteiger partial charge in [0.1, 0.15) is 6.04 Å². The largest absolute Gasteiger partial charge is 0.463 e. The van der Waals surface area contributed by atoms with E-state index in [4.69, 9.17) is 4.74 Å². The first-order valence-corrected chi connectivity index (χ1v) is 14.5. The molecule has 0 fully saturated rings. The van der Waals surface area contributed by atoms with Crippen LogP contribution in [-0.2, 0) is 24.5 Å². The molecule has 0 radical (unpaired) electrons. The fraction of sp³-hybridized carbons (Fsp3) is 0.581. The molecule has 1 aromatic heterocycles. The number of ether oxygens (including phenoxy) is 1. The molecule has 1 heterocycles. The highest BCUT2D eigenvalue weighted by atomic mass is 32.1. The molecule has 0 spiro atoms. The van der Waals surface area contributed by atoms with Gasteiger partial charge in [-0.25, -0.2) is 4.79 Å². The third kappa shape index (κ3) is 7.70. The van der Waals surface area contributed by atoms with Crippen molar-refractivity contribution in [3.63, 3.8) is 0 Å². The predicted octanol–water partition coefficient (Wildman–Crippen LogP) is 5.29. The van der Waals surface area contributed by atoms with Crippen LogP contribution in [-0.4, -0.2) is 61.5 Å². The first-order chi connectivity index (χ1) is 18.1.